The molecule has 1 fully saturated rings. The Morgan fingerprint density at radius 2 is 2.47 bits per heavy atom. The Morgan fingerprint density at radius 1 is 1.74 bits per heavy atom. The van der Waals surface area contributed by atoms with Gasteiger partial charge in [0.15, 0.2) is 0 Å². The van der Waals surface area contributed by atoms with Crippen molar-refractivity contribution < 1.29 is 14.8 Å². The minimum Gasteiger partial charge on any atom is -0.385 e. The summed E-state index contributed by atoms with van der Waals surface area (Å²) in [5.74, 6) is 0.318. The number of hydrogen-bond acceptors (Lipinski definition) is 7. The maximum absolute atomic E-state index is 10.7. The standard InChI is InChI=1S/C11H16N4O4/c1-7-11(16,2-3-19-7)6-13-10-5-8(15(17)18)4-9(12)14-10/h4-5,7,16H,2-3,6H2,1H3,(H3,12,13,14). The molecule has 2 atom stereocenters. The molecule has 8 nitrogen and oxygen atoms in total. The predicted molar refractivity (Wildman–Crippen MR) is 68.8 cm³/mol. The minimum atomic E-state index is -0.999. The van der Waals surface area contributed by atoms with Crippen LogP contribution >= 0.6 is 0 Å². The van der Waals surface area contributed by atoms with Crippen LogP contribution in [0.2, 0.25) is 0 Å². The molecule has 0 aliphatic carbocycles. The third-order valence-electron chi connectivity index (χ3n) is 3.28. The quantitative estimate of drug-likeness (QED) is 0.537. The molecule has 0 saturated carbocycles. The predicted octanol–water partition coefficient (Wildman–Crippen LogP) is 0.524. The first-order valence-electron chi connectivity index (χ1n) is 5.90. The van der Waals surface area contributed by atoms with Gasteiger partial charge >= 0.3 is 0 Å². The number of aromatic nitrogens is 1. The van der Waals surface area contributed by atoms with E-state index in [4.69, 9.17) is 10.5 Å². The summed E-state index contributed by atoms with van der Waals surface area (Å²) in [5, 5.41) is 23.9. The second-order valence-corrected chi connectivity index (χ2v) is 4.61. The molecular formula is C11H16N4O4. The van der Waals surface area contributed by atoms with Gasteiger partial charge in [0.25, 0.3) is 5.69 Å². The Labute approximate surface area is 109 Å². The van der Waals surface area contributed by atoms with Crippen LogP contribution in [0.3, 0.4) is 0 Å². The third kappa shape index (κ3) is 2.91. The lowest BCUT2D eigenvalue weighted by Crippen LogP contribution is -2.43. The van der Waals surface area contributed by atoms with Crippen molar-refractivity contribution in [3.63, 3.8) is 0 Å². The molecule has 2 rings (SSSR count). The zero-order valence-corrected chi connectivity index (χ0v) is 10.5. The molecule has 1 aromatic heterocycles. The summed E-state index contributed by atoms with van der Waals surface area (Å²) in [6, 6.07) is 2.46. The van der Waals surface area contributed by atoms with E-state index in [0.717, 1.165) is 0 Å². The van der Waals surface area contributed by atoms with Crippen LogP contribution < -0.4 is 11.1 Å². The van der Waals surface area contributed by atoms with Crippen LogP contribution in [0, 0.1) is 10.1 Å². The molecule has 1 aliphatic heterocycles. The van der Waals surface area contributed by atoms with Crippen molar-refractivity contribution in [1.29, 1.82) is 0 Å². The number of hydrogen-bond donors (Lipinski definition) is 3. The SMILES string of the molecule is CC1OCCC1(O)CNc1cc([N+](=O)[O-])cc(N)n1. The molecule has 2 heterocycles. The second kappa shape index (κ2) is 4.98. The van der Waals surface area contributed by atoms with Gasteiger partial charge in [0.05, 0.1) is 23.2 Å². The van der Waals surface area contributed by atoms with Crippen LogP contribution in [0.15, 0.2) is 12.1 Å². The van der Waals surface area contributed by atoms with E-state index in [0.29, 0.717) is 13.0 Å². The van der Waals surface area contributed by atoms with Crippen LogP contribution in [-0.4, -0.2) is 39.9 Å². The molecule has 4 N–H and O–H groups in total. The van der Waals surface area contributed by atoms with E-state index in [1.807, 2.05) is 0 Å². The van der Waals surface area contributed by atoms with Crippen LogP contribution in [0.5, 0.6) is 0 Å². The van der Waals surface area contributed by atoms with Crippen molar-refractivity contribution in [2.45, 2.75) is 25.0 Å². The van der Waals surface area contributed by atoms with E-state index >= 15 is 0 Å². The molecule has 0 radical (unpaired) electrons. The van der Waals surface area contributed by atoms with E-state index in [9.17, 15) is 15.2 Å². The topological polar surface area (TPSA) is 124 Å². The lowest BCUT2D eigenvalue weighted by atomic mass is 9.97. The van der Waals surface area contributed by atoms with Gasteiger partial charge in [-0.05, 0) is 6.92 Å². The maximum atomic E-state index is 10.7. The van der Waals surface area contributed by atoms with Gasteiger partial charge < -0.3 is 20.9 Å². The molecule has 0 bridgehead atoms. The average Bonchev–Trinajstić information content (AvgIpc) is 2.67. The van der Waals surface area contributed by atoms with Crippen LogP contribution in [0.4, 0.5) is 17.3 Å². The highest BCUT2D eigenvalue weighted by molar-refractivity contribution is 5.52. The number of nitrogens with one attached hydrogen (secondary N) is 1. The third-order valence-corrected chi connectivity index (χ3v) is 3.28. The van der Waals surface area contributed by atoms with Gasteiger partial charge in [-0.1, -0.05) is 0 Å². The van der Waals surface area contributed by atoms with E-state index < -0.39 is 10.5 Å². The van der Waals surface area contributed by atoms with Crippen molar-refractivity contribution in [3.8, 4) is 0 Å². The Bertz CT molecular complexity index is 496. The molecular weight excluding hydrogens is 252 g/mol. The Kier molecular flexibility index (Phi) is 3.54. The molecule has 1 aliphatic rings. The summed E-state index contributed by atoms with van der Waals surface area (Å²) >= 11 is 0. The molecule has 19 heavy (non-hydrogen) atoms. The Balaban J connectivity index is 2.09. The molecule has 1 aromatic rings. The molecule has 8 heteroatoms. The van der Waals surface area contributed by atoms with Gasteiger partial charge in [-0.3, -0.25) is 10.1 Å². The van der Waals surface area contributed by atoms with E-state index in [2.05, 4.69) is 10.3 Å². The first-order chi connectivity index (χ1) is 8.90. The van der Waals surface area contributed by atoms with Crippen molar-refractivity contribution in [2.24, 2.45) is 0 Å². The molecule has 0 amide bonds. The van der Waals surface area contributed by atoms with Crippen LogP contribution in [0.25, 0.3) is 0 Å². The molecule has 2 unspecified atom stereocenters. The first-order valence-corrected chi connectivity index (χ1v) is 5.90. The lowest BCUT2D eigenvalue weighted by molar-refractivity contribution is -0.384. The number of rotatable bonds is 4. The summed E-state index contributed by atoms with van der Waals surface area (Å²) in [7, 11) is 0. The summed E-state index contributed by atoms with van der Waals surface area (Å²) in [6.07, 6.45) is 0.210. The van der Waals surface area contributed by atoms with Crippen LogP contribution in [0.1, 0.15) is 13.3 Å². The van der Waals surface area contributed by atoms with E-state index in [-0.39, 0.29) is 30.0 Å². The number of nitrogen functional groups attached to an aromatic ring is 1. The highest BCUT2D eigenvalue weighted by atomic mass is 16.6. The van der Waals surface area contributed by atoms with Gasteiger partial charge in [0.1, 0.15) is 17.2 Å². The van der Waals surface area contributed by atoms with Crippen molar-refractivity contribution in [3.05, 3.63) is 22.2 Å². The van der Waals surface area contributed by atoms with Crippen molar-refractivity contribution in [2.75, 3.05) is 24.2 Å². The number of nitro groups is 1. The summed E-state index contributed by atoms with van der Waals surface area (Å²) < 4.78 is 5.30. The average molecular weight is 268 g/mol. The van der Waals surface area contributed by atoms with Crippen molar-refractivity contribution >= 4 is 17.3 Å². The van der Waals surface area contributed by atoms with Gasteiger partial charge in [0.2, 0.25) is 0 Å². The van der Waals surface area contributed by atoms with Crippen LogP contribution in [-0.2, 0) is 4.74 Å². The fourth-order valence-electron chi connectivity index (χ4n) is 1.98. The number of aliphatic hydroxyl groups is 1. The number of pyridine rings is 1. The maximum Gasteiger partial charge on any atom is 0.276 e. The minimum absolute atomic E-state index is 0.0550. The Morgan fingerprint density at radius 3 is 3.05 bits per heavy atom. The van der Waals surface area contributed by atoms with Gasteiger partial charge in [0, 0.05) is 19.6 Å². The zero-order valence-electron chi connectivity index (χ0n) is 10.5. The van der Waals surface area contributed by atoms with E-state index in [1.54, 1.807) is 6.92 Å². The van der Waals surface area contributed by atoms with Crippen molar-refractivity contribution in [1.82, 2.24) is 4.98 Å². The fraction of sp³-hybridized carbons (Fsp3) is 0.545. The normalized spacial score (nSPS) is 26.3. The van der Waals surface area contributed by atoms with Gasteiger partial charge in [-0.2, -0.15) is 0 Å². The zero-order chi connectivity index (χ0) is 14.0. The van der Waals surface area contributed by atoms with Gasteiger partial charge in [-0.25, -0.2) is 4.98 Å². The smallest absolute Gasteiger partial charge is 0.276 e. The molecule has 0 aromatic carbocycles. The summed E-state index contributed by atoms with van der Waals surface area (Å²) in [5.41, 5.74) is 4.36. The van der Waals surface area contributed by atoms with Gasteiger partial charge in [-0.15, -0.1) is 0 Å². The fourth-order valence-corrected chi connectivity index (χ4v) is 1.98. The highest BCUT2D eigenvalue weighted by Crippen LogP contribution is 2.26. The summed E-state index contributed by atoms with van der Waals surface area (Å²) in [6.45, 7) is 2.47. The molecule has 104 valence electrons. The monoisotopic (exact) mass is 268 g/mol. The number of nitrogens with two attached hydrogens (primary N) is 1. The largest absolute Gasteiger partial charge is 0.385 e. The second-order valence-electron chi connectivity index (χ2n) is 4.61. The molecule has 1 saturated heterocycles. The molecule has 0 spiro atoms. The first kappa shape index (κ1) is 13.5. The number of ether oxygens (including phenoxy) is 1. The number of anilines is 2. The highest BCUT2D eigenvalue weighted by Gasteiger charge is 2.39. The number of nitrogens with zero attached hydrogens (tertiary/aromatic N) is 2. The van der Waals surface area contributed by atoms with E-state index in [1.165, 1.54) is 12.1 Å². The Hall–Kier alpha value is -1.93. The lowest BCUT2D eigenvalue weighted by Gasteiger charge is -2.26. The summed E-state index contributed by atoms with van der Waals surface area (Å²) in [4.78, 5) is 14.1.